The molecule has 162 valence electrons. The van der Waals surface area contributed by atoms with Gasteiger partial charge in [0.2, 0.25) is 0 Å². The van der Waals surface area contributed by atoms with Crippen LogP contribution in [0.2, 0.25) is 0 Å². The fourth-order valence-electron chi connectivity index (χ4n) is 5.01. The second kappa shape index (κ2) is 8.94. The quantitative estimate of drug-likeness (QED) is 0.630. The standard InChI is InChI=1S/C21H24N2.C4H4O4/c1-22-17-6-7-19(22)14-23(11-10-17)18-8-9-21-16(13-18)12-15-4-2-3-5-20(15)21;5-3(6)1-2-4(7)8/h2-5,8-9,13,17,19H,6-7,10-12,14H2,1H3;1-2H,(H,5,6)(H,7,8)/b;2-1+. The molecule has 31 heavy (non-hydrogen) atoms. The largest absolute Gasteiger partial charge is 0.478 e. The van der Waals surface area contributed by atoms with Crippen LogP contribution in [0.5, 0.6) is 0 Å². The minimum Gasteiger partial charge on any atom is -0.478 e. The lowest BCUT2D eigenvalue weighted by atomic mass is 10.0. The summed E-state index contributed by atoms with van der Waals surface area (Å²) in [6.07, 6.45) is 6.29. The SMILES string of the molecule is CN1C2CCC1CN(c1ccc3c(c1)Cc1ccccc1-3)CC2.O=C(O)/C=C/C(=O)O. The molecule has 2 unspecified atom stereocenters. The Labute approximate surface area is 182 Å². The van der Waals surface area contributed by atoms with Gasteiger partial charge >= 0.3 is 11.9 Å². The number of aliphatic carboxylic acids is 2. The zero-order chi connectivity index (χ0) is 22.0. The fraction of sp³-hybridized carbons (Fsp3) is 0.360. The van der Waals surface area contributed by atoms with Gasteiger partial charge in [0.1, 0.15) is 0 Å². The maximum absolute atomic E-state index is 9.55. The van der Waals surface area contributed by atoms with Gasteiger partial charge in [-0.3, -0.25) is 4.90 Å². The van der Waals surface area contributed by atoms with Crippen LogP contribution in [0.25, 0.3) is 11.1 Å². The van der Waals surface area contributed by atoms with Gasteiger partial charge in [-0.1, -0.05) is 30.3 Å². The van der Waals surface area contributed by atoms with Crippen LogP contribution in [0.1, 0.15) is 30.4 Å². The van der Waals surface area contributed by atoms with Gasteiger partial charge in [-0.15, -0.1) is 0 Å². The molecule has 2 aromatic carbocycles. The van der Waals surface area contributed by atoms with Crippen molar-refractivity contribution in [3.05, 3.63) is 65.7 Å². The summed E-state index contributed by atoms with van der Waals surface area (Å²) >= 11 is 0. The fourth-order valence-corrected chi connectivity index (χ4v) is 5.01. The van der Waals surface area contributed by atoms with Crippen molar-refractivity contribution in [1.82, 2.24) is 4.90 Å². The Hall–Kier alpha value is -3.12. The van der Waals surface area contributed by atoms with E-state index in [4.69, 9.17) is 10.2 Å². The van der Waals surface area contributed by atoms with Crippen molar-refractivity contribution in [2.24, 2.45) is 0 Å². The molecule has 0 radical (unpaired) electrons. The van der Waals surface area contributed by atoms with E-state index in [-0.39, 0.29) is 0 Å². The zero-order valence-corrected chi connectivity index (χ0v) is 17.7. The summed E-state index contributed by atoms with van der Waals surface area (Å²) in [7, 11) is 2.32. The second-order valence-electron chi connectivity index (χ2n) is 8.47. The highest BCUT2D eigenvalue weighted by Crippen LogP contribution is 2.39. The first-order valence-electron chi connectivity index (χ1n) is 10.7. The van der Waals surface area contributed by atoms with Gasteiger partial charge in [0.15, 0.2) is 0 Å². The predicted octanol–water partition coefficient (Wildman–Crippen LogP) is 3.64. The first kappa shape index (κ1) is 21.1. The molecule has 0 saturated carbocycles. The summed E-state index contributed by atoms with van der Waals surface area (Å²) in [5.74, 6) is -2.51. The molecular formula is C25H28N2O4. The molecule has 2 saturated heterocycles. The van der Waals surface area contributed by atoms with Crippen LogP contribution in [0.15, 0.2) is 54.6 Å². The monoisotopic (exact) mass is 420 g/mol. The van der Waals surface area contributed by atoms with Crippen LogP contribution in [0, 0.1) is 0 Å². The molecular weight excluding hydrogens is 392 g/mol. The molecule has 6 nitrogen and oxygen atoms in total. The van der Waals surface area contributed by atoms with E-state index >= 15 is 0 Å². The summed E-state index contributed by atoms with van der Waals surface area (Å²) in [6, 6.07) is 17.6. The number of anilines is 1. The Balaban J connectivity index is 0.000000250. The average molecular weight is 421 g/mol. The molecule has 0 aromatic heterocycles. The highest BCUT2D eigenvalue weighted by atomic mass is 16.4. The summed E-state index contributed by atoms with van der Waals surface area (Å²) in [4.78, 5) is 24.4. The lowest BCUT2D eigenvalue weighted by molar-refractivity contribution is -0.134. The molecule has 1 aliphatic carbocycles. The van der Waals surface area contributed by atoms with E-state index in [0.717, 1.165) is 18.5 Å². The third kappa shape index (κ3) is 4.64. The summed E-state index contributed by atoms with van der Waals surface area (Å²) < 4.78 is 0. The molecule has 2 bridgehead atoms. The Morgan fingerprint density at radius 3 is 2.32 bits per heavy atom. The van der Waals surface area contributed by atoms with E-state index < -0.39 is 11.9 Å². The Morgan fingerprint density at radius 1 is 0.903 bits per heavy atom. The van der Waals surface area contributed by atoms with E-state index in [0.29, 0.717) is 12.2 Å². The summed E-state index contributed by atoms with van der Waals surface area (Å²) in [6.45, 7) is 2.40. The van der Waals surface area contributed by atoms with Crippen molar-refractivity contribution in [3.8, 4) is 11.1 Å². The van der Waals surface area contributed by atoms with Crippen molar-refractivity contribution >= 4 is 17.6 Å². The van der Waals surface area contributed by atoms with E-state index in [1.165, 1.54) is 60.3 Å². The first-order chi connectivity index (χ1) is 14.9. The molecule has 2 aliphatic heterocycles. The maximum Gasteiger partial charge on any atom is 0.328 e. The first-order valence-corrected chi connectivity index (χ1v) is 10.7. The third-order valence-corrected chi connectivity index (χ3v) is 6.66. The van der Waals surface area contributed by atoms with E-state index in [9.17, 15) is 9.59 Å². The molecule has 2 N–H and O–H groups in total. The normalized spacial score (nSPS) is 21.8. The van der Waals surface area contributed by atoms with E-state index in [1.807, 2.05) is 0 Å². The summed E-state index contributed by atoms with van der Waals surface area (Å²) in [5.41, 5.74) is 7.29. The molecule has 6 heteroatoms. The van der Waals surface area contributed by atoms with Crippen LogP contribution in [0.3, 0.4) is 0 Å². The second-order valence-corrected chi connectivity index (χ2v) is 8.47. The van der Waals surface area contributed by atoms with Gasteiger partial charge in [0, 0.05) is 43.0 Å². The van der Waals surface area contributed by atoms with Crippen LogP contribution in [0.4, 0.5) is 5.69 Å². The third-order valence-electron chi connectivity index (χ3n) is 6.66. The van der Waals surface area contributed by atoms with Crippen LogP contribution < -0.4 is 4.90 Å². The Bertz CT molecular complexity index is 1000. The molecule has 2 aromatic rings. The molecule has 0 spiro atoms. The smallest absolute Gasteiger partial charge is 0.328 e. The zero-order valence-electron chi connectivity index (χ0n) is 17.7. The van der Waals surface area contributed by atoms with Crippen molar-refractivity contribution < 1.29 is 19.8 Å². The summed E-state index contributed by atoms with van der Waals surface area (Å²) in [5, 5.41) is 15.6. The number of fused-ring (bicyclic) bond motifs is 5. The van der Waals surface area contributed by atoms with Gasteiger partial charge in [-0.05, 0) is 67.1 Å². The highest BCUT2D eigenvalue weighted by molar-refractivity contribution is 5.89. The number of likely N-dealkylation sites (N-methyl/N-ethyl adjacent to an activating group) is 1. The van der Waals surface area contributed by atoms with Crippen LogP contribution >= 0.6 is 0 Å². The minimum atomic E-state index is -1.26. The van der Waals surface area contributed by atoms with Crippen molar-refractivity contribution in [3.63, 3.8) is 0 Å². The molecule has 0 amide bonds. The van der Waals surface area contributed by atoms with Gasteiger partial charge in [0.05, 0.1) is 0 Å². The van der Waals surface area contributed by atoms with E-state index in [1.54, 1.807) is 0 Å². The van der Waals surface area contributed by atoms with Crippen molar-refractivity contribution in [2.45, 2.75) is 37.8 Å². The molecule has 2 heterocycles. The molecule has 5 rings (SSSR count). The van der Waals surface area contributed by atoms with Crippen LogP contribution in [-0.2, 0) is 16.0 Å². The molecule has 2 atom stereocenters. The van der Waals surface area contributed by atoms with Crippen LogP contribution in [-0.4, -0.2) is 59.3 Å². The van der Waals surface area contributed by atoms with Gasteiger partial charge in [-0.2, -0.15) is 0 Å². The number of hydrogen-bond donors (Lipinski definition) is 2. The molecule has 3 aliphatic rings. The van der Waals surface area contributed by atoms with Gasteiger partial charge in [0.25, 0.3) is 0 Å². The Kier molecular flexibility index (Phi) is 6.09. The number of benzene rings is 2. The number of carbonyl (C=O) groups is 2. The number of hydrogen-bond acceptors (Lipinski definition) is 4. The highest BCUT2D eigenvalue weighted by Gasteiger charge is 2.34. The number of rotatable bonds is 3. The van der Waals surface area contributed by atoms with E-state index in [2.05, 4.69) is 59.3 Å². The average Bonchev–Trinajstić information content (AvgIpc) is 3.22. The molecule has 2 fully saturated rings. The lowest BCUT2D eigenvalue weighted by Gasteiger charge is -2.28. The minimum absolute atomic E-state index is 0.558. The Morgan fingerprint density at radius 2 is 1.58 bits per heavy atom. The number of nitrogens with zero attached hydrogens (tertiary/aromatic N) is 2. The number of carboxylic acid groups (broad SMARTS) is 2. The van der Waals surface area contributed by atoms with Crippen molar-refractivity contribution in [2.75, 3.05) is 25.0 Å². The number of carboxylic acids is 2. The van der Waals surface area contributed by atoms with Gasteiger partial charge < -0.3 is 15.1 Å². The topological polar surface area (TPSA) is 81.1 Å². The lowest BCUT2D eigenvalue weighted by Crippen LogP contribution is -2.36. The van der Waals surface area contributed by atoms with Crippen molar-refractivity contribution in [1.29, 1.82) is 0 Å². The predicted molar refractivity (Wildman–Crippen MR) is 120 cm³/mol. The maximum atomic E-state index is 9.55. The van der Waals surface area contributed by atoms with Gasteiger partial charge in [-0.25, -0.2) is 9.59 Å².